The zero-order valence-electron chi connectivity index (χ0n) is 10.6. The molecule has 19 heavy (non-hydrogen) atoms. The highest BCUT2D eigenvalue weighted by molar-refractivity contribution is 5.92. The van der Waals surface area contributed by atoms with Gasteiger partial charge in [0, 0.05) is 16.6 Å². The van der Waals surface area contributed by atoms with Gasteiger partial charge < -0.3 is 10.3 Å². The highest BCUT2D eigenvalue weighted by Crippen LogP contribution is 2.28. The molecule has 1 aromatic heterocycles. The van der Waals surface area contributed by atoms with Crippen molar-refractivity contribution in [3.05, 3.63) is 59.7 Å². The molecule has 0 amide bonds. The Hall–Kier alpha value is -2.73. The van der Waals surface area contributed by atoms with Gasteiger partial charge in [0.15, 0.2) is 0 Å². The molecule has 3 aromatic rings. The monoisotopic (exact) mass is 247 g/mol. The van der Waals surface area contributed by atoms with Crippen molar-refractivity contribution >= 4 is 22.4 Å². The normalized spacial score (nSPS) is 10.3. The summed E-state index contributed by atoms with van der Waals surface area (Å²) in [6, 6.07) is 18.1. The second-order valence-electron chi connectivity index (χ2n) is 4.47. The van der Waals surface area contributed by atoms with E-state index in [1.54, 1.807) is 0 Å². The van der Waals surface area contributed by atoms with Crippen molar-refractivity contribution in [1.82, 2.24) is 4.98 Å². The number of anilines is 2. The predicted octanol–water partition coefficient (Wildman–Crippen LogP) is 4.09. The molecule has 3 nitrogen and oxygen atoms in total. The lowest BCUT2D eigenvalue weighted by Gasteiger charge is -2.07. The molecule has 0 unspecified atom stereocenters. The minimum Gasteiger partial charge on any atom is -0.340 e. The molecule has 2 aromatic carbocycles. The molecule has 92 valence electrons. The molecule has 0 radical (unpaired) electrons. The summed E-state index contributed by atoms with van der Waals surface area (Å²) in [5, 5.41) is 13.6. The average molecular weight is 247 g/mol. The number of fused-ring (bicyclic) bond motifs is 1. The minimum absolute atomic E-state index is 0.652. The van der Waals surface area contributed by atoms with Crippen LogP contribution >= 0.6 is 0 Å². The molecule has 0 saturated heterocycles. The zero-order chi connectivity index (χ0) is 13.2. The molecular formula is C16H13N3. The van der Waals surface area contributed by atoms with Crippen LogP contribution in [0.2, 0.25) is 0 Å². The Labute approximate surface area is 111 Å². The van der Waals surface area contributed by atoms with Gasteiger partial charge in [-0.05, 0) is 24.6 Å². The first-order valence-corrected chi connectivity index (χ1v) is 6.13. The number of aryl methyl sites for hydroxylation is 1. The quantitative estimate of drug-likeness (QED) is 0.716. The van der Waals surface area contributed by atoms with Crippen LogP contribution in [-0.2, 0) is 0 Å². The van der Waals surface area contributed by atoms with Crippen LogP contribution in [0.3, 0.4) is 0 Å². The number of aromatic amines is 1. The van der Waals surface area contributed by atoms with Crippen LogP contribution < -0.4 is 5.32 Å². The summed E-state index contributed by atoms with van der Waals surface area (Å²) in [6.45, 7) is 2.04. The Morgan fingerprint density at radius 2 is 1.79 bits per heavy atom. The molecule has 1 heterocycles. The molecule has 3 heteroatoms. The number of hydrogen-bond acceptors (Lipinski definition) is 2. The second-order valence-corrected chi connectivity index (χ2v) is 4.47. The fourth-order valence-corrected chi connectivity index (χ4v) is 2.20. The van der Waals surface area contributed by atoms with E-state index < -0.39 is 0 Å². The van der Waals surface area contributed by atoms with Gasteiger partial charge in [-0.25, -0.2) is 0 Å². The molecule has 2 N–H and O–H groups in total. The fourth-order valence-electron chi connectivity index (χ4n) is 2.20. The van der Waals surface area contributed by atoms with Crippen LogP contribution in [0.15, 0.2) is 48.5 Å². The van der Waals surface area contributed by atoms with Crippen LogP contribution in [0.25, 0.3) is 10.9 Å². The van der Waals surface area contributed by atoms with Gasteiger partial charge in [-0.2, -0.15) is 5.26 Å². The first-order chi connectivity index (χ1) is 9.29. The number of nitrogens with one attached hydrogen (secondary N) is 2. The fraction of sp³-hybridized carbons (Fsp3) is 0.0625. The maximum atomic E-state index is 9.34. The molecule has 0 saturated carbocycles. The van der Waals surface area contributed by atoms with Crippen LogP contribution in [-0.4, -0.2) is 4.98 Å². The number of rotatable bonds is 2. The van der Waals surface area contributed by atoms with Crippen molar-refractivity contribution in [2.75, 3.05) is 5.32 Å². The Morgan fingerprint density at radius 3 is 2.58 bits per heavy atom. The standard InChI is InChI=1S/C16H13N3/c1-11-6-2-4-8-14(11)18-16-13(10-17)12-7-3-5-9-15(12)19-16/h2-9,18-19H,1H3. The molecule has 0 bridgehead atoms. The van der Waals surface area contributed by atoms with Gasteiger partial charge in [0.25, 0.3) is 0 Å². The third-order valence-corrected chi connectivity index (χ3v) is 3.22. The predicted molar refractivity (Wildman–Crippen MR) is 77.5 cm³/mol. The average Bonchev–Trinajstić information content (AvgIpc) is 2.78. The van der Waals surface area contributed by atoms with E-state index in [4.69, 9.17) is 0 Å². The van der Waals surface area contributed by atoms with Crippen LogP contribution in [0, 0.1) is 18.3 Å². The Balaban J connectivity index is 2.11. The molecule has 0 spiro atoms. The number of benzene rings is 2. The van der Waals surface area contributed by atoms with Gasteiger partial charge >= 0.3 is 0 Å². The first-order valence-electron chi connectivity index (χ1n) is 6.13. The van der Waals surface area contributed by atoms with Crippen molar-refractivity contribution in [3.63, 3.8) is 0 Å². The summed E-state index contributed by atoms with van der Waals surface area (Å²) in [4.78, 5) is 3.26. The lowest BCUT2D eigenvalue weighted by atomic mass is 10.1. The smallest absolute Gasteiger partial charge is 0.127 e. The van der Waals surface area contributed by atoms with Gasteiger partial charge in [-0.3, -0.25) is 0 Å². The summed E-state index contributed by atoms with van der Waals surface area (Å²) in [7, 11) is 0. The van der Waals surface area contributed by atoms with E-state index in [0.29, 0.717) is 5.56 Å². The largest absolute Gasteiger partial charge is 0.340 e. The van der Waals surface area contributed by atoms with Crippen LogP contribution in [0.4, 0.5) is 11.5 Å². The number of nitriles is 1. The summed E-state index contributed by atoms with van der Waals surface area (Å²) in [5.41, 5.74) is 3.77. The maximum Gasteiger partial charge on any atom is 0.127 e. The zero-order valence-corrected chi connectivity index (χ0v) is 10.6. The summed E-state index contributed by atoms with van der Waals surface area (Å²) >= 11 is 0. The third-order valence-electron chi connectivity index (χ3n) is 3.22. The van der Waals surface area contributed by atoms with Crippen LogP contribution in [0.1, 0.15) is 11.1 Å². The van der Waals surface area contributed by atoms with E-state index in [1.165, 1.54) is 0 Å². The maximum absolute atomic E-state index is 9.34. The summed E-state index contributed by atoms with van der Waals surface area (Å²) < 4.78 is 0. The minimum atomic E-state index is 0.652. The second kappa shape index (κ2) is 4.51. The van der Waals surface area contributed by atoms with E-state index in [-0.39, 0.29) is 0 Å². The van der Waals surface area contributed by atoms with E-state index in [1.807, 2.05) is 55.5 Å². The van der Waals surface area contributed by atoms with Gasteiger partial charge in [-0.1, -0.05) is 36.4 Å². The highest BCUT2D eigenvalue weighted by atomic mass is 15.0. The number of H-pyrrole nitrogens is 1. The Morgan fingerprint density at radius 1 is 1.05 bits per heavy atom. The molecule has 0 aliphatic heterocycles. The van der Waals surface area contributed by atoms with E-state index in [9.17, 15) is 5.26 Å². The molecular weight excluding hydrogens is 234 g/mol. The molecule has 0 aliphatic rings. The van der Waals surface area contributed by atoms with E-state index in [0.717, 1.165) is 28.0 Å². The lowest BCUT2D eigenvalue weighted by molar-refractivity contribution is 1.36. The van der Waals surface area contributed by atoms with Crippen LogP contribution in [0.5, 0.6) is 0 Å². The highest BCUT2D eigenvalue weighted by Gasteiger charge is 2.11. The number of aromatic nitrogens is 1. The van der Waals surface area contributed by atoms with E-state index >= 15 is 0 Å². The molecule has 0 atom stereocenters. The number of nitrogens with zero attached hydrogens (tertiary/aromatic N) is 1. The molecule has 0 aliphatic carbocycles. The van der Waals surface area contributed by atoms with Gasteiger partial charge in [-0.15, -0.1) is 0 Å². The number of para-hydroxylation sites is 2. The van der Waals surface area contributed by atoms with E-state index in [2.05, 4.69) is 16.4 Å². The third kappa shape index (κ3) is 1.94. The lowest BCUT2D eigenvalue weighted by Crippen LogP contribution is -1.94. The first kappa shape index (κ1) is 11.4. The molecule has 3 rings (SSSR count). The Bertz CT molecular complexity index is 778. The SMILES string of the molecule is Cc1ccccc1Nc1[nH]c2ccccc2c1C#N. The molecule has 0 fully saturated rings. The summed E-state index contributed by atoms with van der Waals surface area (Å²) in [5.74, 6) is 0.748. The van der Waals surface area contributed by atoms with Gasteiger partial charge in [0.1, 0.15) is 17.5 Å². The van der Waals surface area contributed by atoms with Crippen molar-refractivity contribution in [3.8, 4) is 6.07 Å². The Kier molecular flexibility index (Phi) is 2.70. The van der Waals surface area contributed by atoms with Crippen molar-refractivity contribution in [2.24, 2.45) is 0 Å². The van der Waals surface area contributed by atoms with Crippen molar-refractivity contribution in [2.45, 2.75) is 6.92 Å². The number of hydrogen-bond donors (Lipinski definition) is 2. The van der Waals surface area contributed by atoms with Crippen molar-refractivity contribution < 1.29 is 0 Å². The van der Waals surface area contributed by atoms with Gasteiger partial charge in [0.05, 0.1) is 0 Å². The van der Waals surface area contributed by atoms with Gasteiger partial charge in [0.2, 0.25) is 0 Å². The topological polar surface area (TPSA) is 51.6 Å². The summed E-state index contributed by atoms with van der Waals surface area (Å²) in [6.07, 6.45) is 0. The van der Waals surface area contributed by atoms with Crippen molar-refractivity contribution in [1.29, 1.82) is 5.26 Å².